The lowest BCUT2D eigenvalue weighted by Gasteiger charge is -2.13. The molecule has 0 aliphatic heterocycles. The van der Waals surface area contributed by atoms with E-state index in [1.54, 1.807) is 43.8 Å². The predicted octanol–water partition coefficient (Wildman–Crippen LogP) is 3.46. The molecule has 116 valence electrons. The third-order valence-corrected chi connectivity index (χ3v) is 5.16. The van der Waals surface area contributed by atoms with Crippen molar-refractivity contribution in [1.29, 1.82) is 0 Å². The number of rotatable bonds is 4. The molecule has 1 aromatic heterocycles. The summed E-state index contributed by atoms with van der Waals surface area (Å²) in [7, 11) is 3.15. The van der Waals surface area contributed by atoms with Crippen LogP contribution in [0.25, 0.3) is 0 Å². The summed E-state index contributed by atoms with van der Waals surface area (Å²) >= 11 is 1.55. The lowest BCUT2D eigenvalue weighted by Crippen LogP contribution is -2.09. The van der Waals surface area contributed by atoms with Crippen LogP contribution in [0.5, 0.6) is 11.5 Å². The van der Waals surface area contributed by atoms with Gasteiger partial charge >= 0.3 is 0 Å². The van der Waals surface area contributed by atoms with Crippen LogP contribution in [0, 0.1) is 0 Å². The van der Waals surface area contributed by atoms with Gasteiger partial charge in [0.15, 0.2) is 5.78 Å². The first-order valence-electron chi connectivity index (χ1n) is 7.31. The fraction of sp³-hybridized carbons (Fsp3) is 0.353. The molecular formula is C17H19NO3S. The first-order valence-corrected chi connectivity index (χ1v) is 8.13. The number of thiophene rings is 1. The van der Waals surface area contributed by atoms with Gasteiger partial charge in [-0.25, -0.2) is 0 Å². The topological polar surface area (TPSA) is 61.5 Å². The molecule has 2 N–H and O–H groups in total. The minimum absolute atomic E-state index is 0.0471. The SMILES string of the molecule is COc1cc(OC)cc(C(=O)c2c(N)sc3c2CCCC3)c1. The Bertz CT molecular complexity index is 699. The zero-order valence-electron chi connectivity index (χ0n) is 12.8. The number of hydrogen-bond acceptors (Lipinski definition) is 5. The first-order chi connectivity index (χ1) is 10.6. The second-order valence-corrected chi connectivity index (χ2v) is 6.52. The molecule has 0 spiro atoms. The van der Waals surface area contributed by atoms with Gasteiger partial charge in [0.25, 0.3) is 0 Å². The molecule has 4 nitrogen and oxygen atoms in total. The van der Waals surface area contributed by atoms with Gasteiger partial charge in [0.05, 0.1) is 24.8 Å². The average Bonchev–Trinajstić information content (AvgIpc) is 2.89. The van der Waals surface area contributed by atoms with Crippen molar-refractivity contribution in [2.75, 3.05) is 20.0 Å². The van der Waals surface area contributed by atoms with E-state index >= 15 is 0 Å². The Morgan fingerprint density at radius 3 is 2.36 bits per heavy atom. The number of anilines is 1. The molecule has 1 aliphatic rings. The molecule has 1 heterocycles. The van der Waals surface area contributed by atoms with Gasteiger partial charge in [-0.3, -0.25) is 4.79 Å². The number of ketones is 1. The Kier molecular flexibility index (Phi) is 4.07. The zero-order chi connectivity index (χ0) is 15.7. The van der Waals surface area contributed by atoms with Crippen LogP contribution >= 0.6 is 11.3 Å². The smallest absolute Gasteiger partial charge is 0.196 e. The molecule has 0 unspecified atom stereocenters. The second-order valence-electron chi connectivity index (χ2n) is 5.38. The standard InChI is InChI=1S/C17H19NO3S/c1-20-11-7-10(8-12(9-11)21-2)16(19)15-13-5-3-4-6-14(13)22-17(15)18/h7-9H,3-6,18H2,1-2H3. The molecule has 0 amide bonds. The number of benzene rings is 1. The molecule has 0 bridgehead atoms. The van der Waals surface area contributed by atoms with Gasteiger partial charge in [-0.05, 0) is 43.4 Å². The highest BCUT2D eigenvalue weighted by Crippen LogP contribution is 2.38. The van der Waals surface area contributed by atoms with Crippen LogP contribution < -0.4 is 15.2 Å². The van der Waals surface area contributed by atoms with Crippen LogP contribution in [0.4, 0.5) is 5.00 Å². The Hall–Kier alpha value is -2.01. The number of methoxy groups -OCH3 is 2. The van der Waals surface area contributed by atoms with Crippen molar-refractivity contribution in [3.05, 3.63) is 39.8 Å². The highest BCUT2D eigenvalue weighted by molar-refractivity contribution is 7.16. The van der Waals surface area contributed by atoms with E-state index in [-0.39, 0.29) is 5.78 Å². The number of nitrogens with two attached hydrogens (primary N) is 1. The Labute approximate surface area is 133 Å². The van der Waals surface area contributed by atoms with E-state index in [1.807, 2.05) is 0 Å². The van der Waals surface area contributed by atoms with E-state index < -0.39 is 0 Å². The fourth-order valence-corrected chi connectivity index (χ4v) is 4.08. The quantitative estimate of drug-likeness (QED) is 0.877. The van der Waals surface area contributed by atoms with Gasteiger partial charge in [0.1, 0.15) is 11.5 Å². The Balaban J connectivity index is 2.06. The minimum atomic E-state index is -0.0471. The molecule has 1 aliphatic carbocycles. The molecule has 3 rings (SSSR count). The molecule has 0 atom stereocenters. The summed E-state index contributed by atoms with van der Waals surface area (Å²) in [5.41, 5.74) is 8.50. The van der Waals surface area contributed by atoms with E-state index in [0.717, 1.165) is 24.8 Å². The average molecular weight is 317 g/mol. The number of carbonyl (C=O) groups is 1. The Morgan fingerprint density at radius 1 is 1.09 bits per heavy atom. The van der Waals surface area contributed by atoms with Crippen molar-refractivity contribution < 1.29 is 14.3 Å². The van der Waals surface area contributed by atoms with E-state index in [2.05, 4.69) is 0 Å². The summed E-state index contributed by atoms with van der Waals surface area (Å²) in [6.07, 6.45) is 4.25. The van der Waals surface area contributed by atoms with E-state index in [9.17, 15) is 4.79 Å². The maximum Gasteiger partial charge on any atom is 0.196 e. The second kappa shape index (κ2) is 6.01. The van der Waals surface area contributed by atoms with Gasteiger partial charge in [0.2, 0.25) is 0 Å². The first kappa shape index (κ1) is 14.9. The third-order valence-electron chi connectivity index (χ3n) is 4.04. The molecule has 22 heavy (non-hydrogen) atoms. The van der Waals surface area contributed by atoms with Crippen molar-refractivity contribution in [2.45, 2.75) is 25.7 Å². The van der Waals surface area contributed by atoms with Crippen LogP contribution in [0.3, 0.4) is 0 Å². The van der Waals surface area contributed by atoms with Crippen LogP contribution in [0.15, 0.2) is 18.2 Å². The van der Waals surface area contributed by atoms with Crippen molar-refractivity contribution >= 4 is 22.1 Å². The molecule has 0 radical (unpaired) electrons. The molecule has 1 aromatic carbocycles. The minimum Gasteiger partial charge on any atom is -0.497 e. The van der Waals surface area contributed by atoms with Crippen LogP contribution in [-0.4, -0.2) is 20.0 Å². The number of hydrogen-bond donors (Lipinski definition) is 1. The summed E-state index contributed by atoms with van der Waals surface area (Å²) < 4.78 is 10.5. The molecule has 0 fully saturated rings. The van der Waals surface area contributed by atoms with Crippen molar-refractivity contribution in [1.82, 2.24) is 0 Å². The number of aryl methyl sites for hydroxylation is 1. The summed E-state index contributed by atoms with van der Waals surface area (Å²) in [6, 6.07) is 5.22. The van der Waals surface area contributed by atoms with Crippen molar-refractivity contribution in [3.8, 4) is 11.5 Å². The third kappa shape index (κ3) is 2.57. The zero-order valence-corrected chi connectivity index (χ0v) is 13.6. The predicted molar refractivity (Wildman–Crippen MR) is 88.4 cm³/mol. The van der Waals surface area contributed by atoms with Crippen LogP contribution in [-0.2, 0) is 12.8 Å². The fourth-order valence-electron chi connectivity index (χ4n) is 2.92. The summed E-state index contributed by atoms with van der Waals surface area (Å²) in [5, 5.41) is 0.624. The van der Waals surface area contributed by atoms with Gasteiger partial charge < -0.3 is 15.2 Å². The number of carbonyl (C=O) groups excluding carboxylic acids is 1. The Morgan fingerprint density at radius 2 is 1.73 bits per heavy atom. The van der Waals surface area contributed by atoms with Gasteiger partial charge in [-0.1, -0.05) is 0 Å². The molecule has 0 saturated carbocycles. The lowest BCUT2D eigenvalue weighted by molar-refractivity contribution is 0.103. The molecular weight excluding hydrogens is 298 g/mol. The van der Waals surface area contributed by atoms with Crippen LogP contribution in [0.2, 0.25) is 0 Å². The van der Waals surface area contributed by atoms with Gasteiger partial charge in [-0.15, -0.1) is 11.3 Å². The van der Waals surface area contributed by atoms with Crippen molar-refractivity contribution in [2.24, 2.45) is 0 Å². The molecule has 5 heteroatoms. The van der Waals surface area contributed by atoms with Crippen LogP contribution in [0.1, 0.15) is 39.2 Å². The summed E-state index contributed by atoms with van der Waals surface area (Å²) in [4.78, 5) is 14.2. The van der Waals surface area contributed by atoms with Gasteiger partial charge in [-0.2, -0.15) is 0 Å². The molecule has 2 aromatic rings. The maximum atomic E-state index is 13.0. The van der Waals surface area contributed by atoms with E-state index in [4.69, 9.17) is 15.2 Å². The van der Waals surface area contributed by atoms with E-state index in [1.165, 1.54) is 11.3 Å². The maximum absolute atomic E-state index is 13.0. The normalized spacial score (nSPS) is 13.5. The largest absolute Gasteiger partial charge is 0.497 e. The monoisotopic (exact) mass is 317 g/mol. The molecule has 0 saturated heterocycles. The number of ether oxygens (including phenoxy) is 2. The summed E-state index contributed by atoms with van der Waals surface area (Å²) in [6.45, 7) is 0. The highest BCUT2D eigenvalue weighted by Gasteiger charge is 2.25. The summed E-state index contributed by atoms with van der Waals surface area (Å²) in [5.74, 6) is 1.16. The highest BCUT2D eigenvalue weighted by atomic mass is 32.1. The van der Waals surface area contributed by atoms with Crippen molar-refractivity contribution in [3.63, 3.8) is 0 Å². The van der Waals surface area contributed by atoms with Gasteiger partial charge in [0, 0.05) is 16.5 Å². The van der Waals surface area contributed by atoms with E-state index in [0.29, 0.717) is 27.6 Å². The lowest BCUT2D eigenvalue weighted by atomic mass is 9.92. The number of nitrogen functional groups attached to an aromatic ring is 1. The number of fused-ring (bicyclic) bond motifs is 1.